The van der Waals surface area contributed by atoms with Gasteiger partial charge in [-0.15, -0.1) is 11.3 Å². The number of nitrogens with zero attached hydrogens (tertiary/aromatic N) is 3. The zero-order valence-electron chi connectivity index (χ0n) is 17.5. The second kappa shape index (κ2) is 8.40. The van der Waals surface area contributed by atoms with Crippen LogP contribution >= 0.6 is 11.3 Å². The molecule has 1 fully saturated rings. The molecule has 0 saturated heterocycles. The molecule has 1 amide bonds. The van der Waals surface area contributed by atoms with Crippen LogP contribution in [0.15, 0.2) is 29.9 Å². The van der Waals surface area contributed by atoms with E-state index in [1.54, 1.807) is 21.1 Å². The lowest BCUT2D eigenvalue weighted by Crippen LogP contribution is -2.48. The summed E-state index contributed by atoms with van der Waals surface area (Å²) >= 11 is 1.46. The van der Waals surface area contributed by atoms with Crippen LogP contribution in [-0.4, -0.2) is 42.2 Å². The number of carbonyl (C=O) groups excluding carboxylic acids is 1. The van der Waals surface area contributed by atoms with Gasteiger partial charge in [0.25, 0.3) is 5.91 Å². The van der Waals surface area contributed by atoms with E-state index in [1.807, 2.05) is 23.6 Å². The smallest absolute Gasteiger partial charge is 0.259 e. The minimum atomic E-state index is -0.866. The van der Waals surface area contributed by atoms with Crippen molar-refractivity contribution >= 4 is 27.5 Å². The highest BCUT2D eigenvalue weighted by molar-refractivity contribution is 7.17. The molecule has 1 aliphatic rings. The van der Waals surface area contributed by atoms with Gasteiger partial charge in [0.1, 0.15) is 16.7 Å². The molecule has 0 spiro atoms. The van der Waals surface area contributed by atoms with Crippen molar-refractivity contribution in [3.05, 3.63) is 29.9 Å². The molecule has 160 valence electrons. The highest BCUT2D eigenvalue weighted by Gasteiger charge is 2.43. The van der Waals surface area contributed by atoms with E-state index in [0.717, 1.165) is 34.2 Å². The van der Waals surface area contributed by atoms with Crippen LogP contribution < -0.4 is 19.5 Å². The Balaban J connectivity index is 1.59. The molecule has 8 nitrogen and oxygen atoms in total. The minimum absolute atomic E-state index is 0.195. The summed E-state index contributed by atoms with van der Waals surface area (Å²) < 4.78 is 16.5. The molecule has 2 heterocycles. The molecule has 0 bridgehead atoms. The number of hydrogen-bond acceptors (Lipinski definition) is 8. The van der Waals surface area contributed by atoms with E-state index in [0.29, 0.717) is 17.4 Å². The first kappa shape index (κ1) is 20.9. The second-order valence-corrected chi connectivity index (χ2v) is 8.36. The molecule has 31 heavy (non-hydrogen) atoms. The first-order chi connectivity index (χ1) is 15.0. The van der Waals surface area contributed by atoms with Crippen molar-refractivity contribution in [1.82, 2.24) is 15.3 Å². The molecule has 1 atom stereocenters. The largest absolute Gasteiger partial charge is 0.493 e. The van der Waals surface area contributed by atoms with Gasteiger partial charge in [0.2, 0.25) is 5.88 Å². The molecule has 0 unspecified atom stereocenters. The summed E-state index contributed by atoms with van der Waals surface area (Å²) in [5, 5.41) is 14.9. The molecule has 1 N–H and O–H groups in total. The molecular weight excluding hydrogens is 416 g/mol. The van der Waals surface area contributed by atoms with Crippen LogP contribution in [0.2, 0.25) is 0 Å². The van der Waals surface area contributed by atoms with Gasteiger partial charge in [-0.1, -0.05) is 6.07 Å². The first-order valence-electron chi connectivity index (χ1n) is 9.78. The standard InChI is InChI=1S/C22H22N4O4S/c1-22(11-23,14-5-6-14)26-18(27)9-30-20-19-15(10-31-21(19)25-12-24-20)13-4-7-16(28-2)17(8-13)29-3/h4,7-8,10,12,14H,5-6,9H2,1-3H3,(H,26,27)/t22-/m0/s1. The molecule has 4 rings (SSSR count). The summed E-state index contributed by atoms with van der Waals surface area (Å²) in [6.07, 6.45) is 3.30. The predicted molar refractivity (Wildman–Crippen MR) is 116 cm³/mol. The Bertz CT molecular complexity index is 1170. The summed E-state index contributed by atoms with van der Waals surface area (Å²) in [4.78, 5) is 21.8. The van der Waals surface area contributed by atoms with Crippen molar-refractivity contribution in [3.63, 3.8) is 0 Å². The van der Waals surface area contributed by atoms with E-state index in [-0.39, 0.29) is 18.4 Å². The van der Waals surface area contributed by atoms with Gasteiger partial charge in [-0.05, 0) is 43.4 Å². The summed E-state index contributed by atoms with van der Waals surface area (Å²) in [5.74, 6) is 1.39. The fraction of sp³-hybridized carbons (Fsp3) is 0.364. The number of thiophene rings is 1. The topological polar surface area (TPSA) is 106 Å². The minimum Gasteiger partial charge on any atom is -0.493 e. The third-order valence-electron chi connectivity index (χ3n) is 5.40. The maximum Gasteiger partial charge on any atom is 0.259 e. The van der Waals surface area contributed by atoms with Crippen molar-refractivity contribution in [2.75, 3.05) is 20.8 Å². The Hall–Kier alpha value is -3.38. The molecule has 9 heteroatoms. The van der Waals surface area contributed by atoms with Crippen molar-refractivity contribution < 1.29 is 19.0 Å². The highest BCUT2D eigenvalue weighted by Crippen LogP contribution is 2.41. The van der Waals surface area contributed by atoms with Gasteiger partial charge in [-0.2, -0.15) is 5.26 Å². The quantitative estimate of drug-likeness (QED) is 0.573. The van der Waals surface area contributed by atoms with Gasteiger partial charge >= 0.3 is 0 Å². The lowest BCUT2D eigenvalue weighted by molar-refractivity contribution is -0.124. The summed E-state index contributed by atoms with van der Waals surface area (Å²) in [6, 6.07) is 7.83. The van der Waals surface area contributed by atoms with E-state index in [2.05, 4.69) is 21.4 Å². The molecule has 2 aromatic heterocycles. The third kappa shape index (κ3) is 4.11. The Morgan fingerprint density at radius 3 is 2.74 bits per heavy atom. The van der Waals surface area contributed by atoms with E-state index in [1.165, 1.54) is 17.7 Å². The van der Waals surface area contributed by atoms with Crippen LogP contribution in [0.5, 0.6) is 17.4 Å². The van der Waals surface area contributed by atoms with E-state index < -0.39 is 5.54 Å². The monoisotopic (exact) mass is 438 g/mol. The normalized spacial score (nSPS) is 15.0. The number of hydrogen-bond donors (Lipinski definition) is 1. The number of fused-ring (bicyclic) bond motifs is 1. The molecule has 1 aliphatic carbocycles. The van der Waals surface area contributed by atoms with Crippen LogP contribution in [0.4, 0.5) is 0 Å². The molecular formula is C22H22N4O4S. The average Bonchev–Trinajstić information content (AvgIpc) is 3.57. The van der Waals surface area contributed by atoms with Crippen LogP contribution in [0.1, 0.15) is 19.8 Å². The average molecular weight is 439 g/mol. The number of carbonyl (C=O) groups is 1. The van der Waals surface area contributed by atoms with Gasteiger partial charge in [0.15, 0.2) is 18.1 Å². The molecule has 0 aliphatic heterocycles. The van der Waals surface area contributed by atoms with Crippen molar-refractivity contribution in [2.45, 2.75) is 25.3 Å². The van der Waals surface area contributed by atoms with Crippen LogP contribution in [0, 0.1) is 17.2 Å². The Labute approximate surface area is 183 Å². The number of amides is 1. The fourth-order valence-corrected chi connectivity index (χ4v) is 4.42. The van der Waals surface area contributed by atoms with Gasteiger partial charge in [-0.25, -0.2) is 9.97 Å². The number of benzene rings is 1. The van der Waals surface area contributed by atoms with E-state index in [9.17, 15) is 10.1 Å². The summed E-state index contributed by atoms with van der Waals surface area (Å²) in [5.41, 5.74) is 0.893. The summed E-state index contributed by atoms with van der Waals surface area (Å²) in [6.45, 7) is 1.51. The third-order valence-corrected chi connectivity index (χ3v) is 6.28. The number of nitrogens with one attached hydrogen (secondary N) is 1. The first-order valence-corrected chi connectivity index (χ1v) is 10.7. The summed E-state index contributed by atoms with van der Waals surface area (Å²) in [7, 11) is 3.17. The van der Waals surface area contributed by atoms with Crippen molar-refractivity contribution in [3.8, 4) is 34.6 Å². The second-order valence-electron chi connectivity index (χ2n) is 7.50. The Morgan fingerprint density at radius 1 is 1.29 bits per heavy atom. The van der Waals surface area contributed by atoms with Gasteiger partial charge in [0, 0.05) is 10.9 Å². The van der Waals surface area contributed by atoms with Crippen LogP contribution in [-0.2, 0) is 4.79 Å². The lowest BCUT2D eigenvalue weighted by Gasteiger charge is -2.22. The van der Waals surface area contributed by atoms with Gasteiger partial charge in [0.05, 0.1) is 25.7 Å². The Kier molecular flexibility index (Phi) is 5.65. The number of ether oxygens (including phenoxy) is 3. The lowest BCUT2D eigenvalue weighted by atomic mass is 9.98. The maximum atomic E-state index is 12.4. The van der Waals surface area contributed by atoms with Crippen LogP contribution in [0.25, 0.3) is 21.3 Å². The molecule has 1 saturated carbocycles. The van der Waals surface area contributed by atoms with Gasteiger partial charge in [-0.3, -0.25) is 4.79 Å². The SMILES string of the molecule is COc1ccc(-c2csc3ncnc(OCC(=O)N[C@@](C)(C#N)C4CC4)c23)cc1OC. The number of nitriles is 1. The number of rotatable bonds is 8. The van der Waals surface area contributed by atoms with Crippen LogP contribution in [0.3, 0.4) is 0 Å². The van der Waals surface area contributed by atoms with E-state index in [4.69, 9.17) is 14.2 Å². The molecule has 1 aromatic carbocycles. The fourth-order valence-electron chi connectivity index (χ4n) is 3.51. The predicted octanol–water partition coefficient (Wildman–Crippen LogP) is 3.56. The van der Waals surface area contributed by atoms with E-state index >= 15 is 0 Å². The zero-order valence-corrected chi connectivity index (χ0v) is 18.3. The Morgan fingerprint density at radius 2 is 2.06 bits per heavy atom. The maximum absolute atomic E-state index is 12.4. The molecule has 3 aromatic rings. The van der Waals surface area contributed by atoms with Crippen molar-refractivity contribution in [1.29, 1.82) is 5.26 Å². The number of methoxy groups -OCH3 is 2. The molecule has 0 radical (unpaired) electrons. The number of aromatic nitrogens is 2. The zero-order chi connectivity index (χ0) is 22.0. The highest BCUT2D eigenvalue weighted by atomic mass is 32.1. The van der Waals surface area contributed by atoms with Gasteiger partial charge < -0.3 is 19.5 Å². The van der Waals surface area contributed by atoms with Crippen molar-refractivity contribution in [2.24, 2.45) is 5.92 Å².